The molecule has 2 rings (SSSR count). The lowest BCUT2D eigenvalue weighted by molar-refractivity contribution is 0.0721. The number of carbonyl (C=O) groups excluding carboxylic acids is 1. The Bertz CT molecular complexity index is 436. The molecular formula is C12H14FNO3. The monoisotopic (exact) mass is 239 g/mol. The molecular weight excluding hydrogens is 225 g/mol. The molecule has 4 nitrogen and oxygen atoms in total. The molecule has 1 heterocycles. The number of nitrogens with zero attached hydrogens (tertiary/aromatic N) is 1. The van der Waals surface area contributed by atoms with Gasteiger partial charge < -0.3 is 14.7 Å². The third-order valence-corrected chi connectivity index (χ3v) is 2.95. The molecule has 1 N–H and O–H groups in total. The number of amides is 1. The Balaban J connectivity index is 2.17. The van der Waals surface area contributed by atoms with Crippen LogP contribution in [0.1, 0.15) is 16.8 Å². The minimum Gasteiger partial charge on any atom is -0.507 e. The van der Waals surface area contributed by atoms with Crippen molar-refractivity contribution in [1.29, 1.82) is 0 Å². The van der Waals surface area contributed by atoms with Gasteiger partial charge in [-0.05, 0) is 24.6 Å². The van der Waals surface area contributed by atoms with Crippen molar-refractivity contribution in [3.8, 4) is 5.75 Å². The van der Waals surface area contributed by atoms with Crippen molar-refractivity contribution in [2.75, 3.05) is 20.2 Å². The first-order chi connectivity index (χ1) is 8.11. The summed E-state index contributed by atoms with van der Waals surface area (Å²) >= 11 is 0. The highest BCUT2D eigenvalue weighted by Gasteiger charge is 2.28. The molecule has 1 aliphatic rings. The zero-order valence-electron chi connectivity index (χ0n) is 9.52. The predicted octanol–water partition coefficient (Wildman–Crippen LogP) is 1.39. The number of aromatic hydroxyl groups is 1. The van der Waals surface area contributed by atoms with Crippen LogP contribution in [0, 0.1) is 5.82 Å². The molecule has 1 aromatic carbocycles. The number of methoxy groups -OCH3 is 1. The van der Waals surface area contributed by atoms with Gasteiger partial charge in [-0.15, -0.1) is 0 Å². The molecule has 0 aliphatic carbocycles. The second-order valence-corrected chi connectivity index (χ2v) is 4.06. The van der Waals surface area contributed by atoms with Gasteiger partial charge in [0, 0.05) is 20.2 Å². The predicted molar refractivity (Wildman–Crippen MR) is 59.4 cm³/mol. The van der Waals surface area contributed by atoms with Gasteiger partial charge in [-0.2, -0.15) is 0 Å². The minimum absolute atomic E-state index is 0.00162. The summed E-state index contributed by atoms with van der Waals surface area (Å²) in [4.78, 5) is 13.6. The quantitative estimate of drug-likeness (QED) is 0.848. The summed E-state index contributed by atoms with van der Waals surface area (Å²) in [5.74, 6) is -1.09. The number of phenols is 1. The number of likely N-dealkylation sites (tertiary alicyclic amines) is 1. The van der Waals surface area contributed by atoms with E-state index in [0.717, 1.165) is 18.6 Å². The van der Waals surface area contributed by atoms with E-state index in [1.807, 2.05) is 0 Å². The highest BCUT2D eigenvalue weighted by molar-refractivity contribution is 5.97. The number of carbonyl (C=O) groups is 1. The van der Waals surface area contributed by atoms with Gasteiger partial charge in [-0.25, -0.2) is 4.39 Å². The van der Waals surface area contributed by atoms with Crippen molar-refractivity contribution < 1.29 is 19.0 Å². The van der Waals surface area contributed by atoms with Gasteiger partial charge in [-0.1, -0.05) is 0 Å². The molecule has 0 spiro atoms. The van der Waals surface area contributed by atoms with E-state index in [-0.39, 0.29) is 23.3 Å². The van der Waals surface area contributed by atoms with Gasteiger partial charge >= 0.3 is 0 Å². The maximum atomic E-state index is 13.0. The van der Waals surface area contributed by atoms with E-state index in [1.165, 1.54) is 6.07 Å². The number of benzene rings is 1. The first-order valence-electron chi connectivity index (χ1n) is 5.42. The molecule has 0 bridgehead atoms. The van der Waals surface area contributed by atoms with Crippen molar-refractivity contribution in [2.24, 2.45) is 0 Å². The van der Waals surface area contributed by atoms with Crippen LogP contribution in [0.15, 0.2) is 18.2 Å². The molecule has 0 saturated carbocycles. The highest BCUT2D eigenvalue weighted by atomic mass is 19.1. The first kappa shape index (κ1) is 11.9. The molecule has 1 aromatic rings. The van der Waals surface area contributed by atoms with Gasteiger partial charge in [0.25, 0.3) is 5.91 Å². The van der Waals surface area contributed by atoms with Gasteiger partial charge in [0.2, 0.25) is 0 Å². The summed E-state index contributed by atoms with van der Waals surface area (Å²) in [6.45, 7) is 1.04. The zero-order valence-corrected chi connectivity index (χ0v) is 9.52. The molecule has 5 heteroatoms. The van der Waals surface area contributed by atoms with Crippen LogP contribution >= 0.6 is 0 Å². The van der Waals surface area contributed by atoms with E-state index in [2.05, 4.69) is 0 Å². The molecule has 1 unspecified atom stereocenters. The SMILES string of the molecule is COC1CCN(C(=O)c2cc(F)ccc2O)C1. The molecule has 92 valence electrons. The minimum atomic E-state index is -0.534. The van der Waals surface area contributed by atoms with Gasteiger partial charge in [0.15, 0.2) is 0 Å². The summed E-state index contributed by atoms with van der Waals surface area (Å²) in [6.07, 6.45) is 0.785. The van der Waals surface area contributed by atoms with Crippen LogP contribution in [0.25, 0.3) is 0 Å². The Labute approximate surface area is 98.6 Å². The standard InChI is InChI=1S/C12H14FNO3/c1-17-9-4-5-14(7-9)12(16)10-6-8(13)2-3-11(10)15/h2-3,6,9,15H,4-5,7H2,1H3. The Kier molecular flexibility index (Phi) is 3.28. The van der Waals surface area contributed by atoms with Crippen molar-refractivity contribution in [3.63, 3.8) is 0 Å². The van der Waals surface area contributed by atoms with Crippen molar-refractivity contribution in [3.05, 3.63) is 29.6 Å². The third-order valence-electron chi connectivity index (χ3n) is 2.95. The molecule has 1 saturated heterocycles. The summed E-state index contributed by atoms with van der Waals surface area (Å²) < 4.78 is 18.2. The number of hydrogen-bond donors (Lipinski definition) is 1. The lowest BCUT2D eigenvalue weighted by Crippen LogP contribution is -2.30. The molecule has 1 fully saturated rings. The van der Waals surface area contributed by atoms with E-state index >= 15 is 0 Å². The van der Waals surface area contributed by atoms with Crippen LogP contribution in [0.3, 0.4) is 0 Å². The zero-order chi connectivity index (χ0) is 12.4. The number of halogens is 1. The van der Waals surface area contributed by atoms with Crippen molar-refractivity contribution in [1.82, 2.24) is 4.90 Å². The lowest BCUT2D eigenvalue weighted by atomic mass is 10.1. The number of rotatable bonds is 2. The van der Waals surface area contributed by atoms with Crippen LogP contribution < -0.4 is 0 Å². The fraction of sp³-hybridized carbons (Fsp3) is 0.417. The van der Waals surface area contributed by atoms with E-state index in [9.17, 15) is 14.3 Å². The summed E-state index contributed by atoms with van der Waals surface area (Å²) in [5, 5.41) is 9.54. The lowest BCUT2D eigenvalue weighted by Gasteiger charge is -2.16. The van der Waals surface area contributed by atoms with E-state index in [1.54, 1.807) is 12.0 Å². The fourth-order valence-corrected chi connectivity index (χ4v) is 1.95. The van der Waals surface area contributed by atoms with Crippen molar-refractivity contribution >= 4 is 5.91 Å². The Morgan fingerprint density at radius 1 is 1.59 bits per heavy atom. The van der Waals surface area contributed by atoms with Crippen LogP contribution in [-0.4, -0.2) is 42.2 Å². The van der Waals surface area contributed by atoms with E-state index in [0.29, 0.717) is 13.1 Å². The highest BCUT2D eigenvalue weighted by Crippen LogP contribution is 2.22. The molecule has 0 radical (unpaired) electrons. The summed E-state index contributed by atoms with van der Waals surface area (Å²) in [6, 6.07) is 3.36. The normalized spacial score (nSPS) is 19.6. The maximum Gasteiger partial charge on any atom is 0.257 e. The van der Waals surface area contributed by atoms with E-state index < -0.39 is 5.82 Å². The smallest absolute Gasteiger partial charge is 0.257 e. The molecule has 17 heavy (non-hydrogen) atoms. The summed E-state index contributed by atoms with van der Waals surface area (Å²) in [7, 11) is 1.60. The van der Waals surface area contributed by atoms with Gasteiger partial charge in [0.1, 0.15) is 11.6 Å². The van der Waals surface area contributed by atoms with Gasteiger partial charge in [-0.3, -0.25) is 4.79 Å². The van der Waals surface area contributed by atoms with Crippen LogP contribution in [0.2, 0.25) is 0 Å². The van der Waals surface area contributed by atoms with Crippen LogP contribution in [-0.2, 0) is 4.74 Å². The fourth-order valence-electron chi connectivity index (χ4n) is 1.95. The Hall–Kier alpha value is -1.62. The molecule has 1 atom stereocenters. The van der Waals surface area contributed by atoms with Gasteiger partial charge in [0.05, 0.1) is 11.7 Å². The topological polar surface area (TPSA) is 49.8 Å². The Morgan fingerprint density at radius 3 is 3.00 bits per heavy atom. The first-order valence-corrected chi connectivity index (χ1v) is 5.42. The third kappa shape index (κ3) is 2.39. The summed E-state index contributed by atoms with van der Waals surface area (Å²) in [5.41, 5.74) is 0.00162. The van der Waals surface area contributed by atoms with Crippen LogP contribution in [0.4, 0.5) is 4.39 Å². The number of hydrogen-bond acceptors (Lipinski definition) is 3. The maximum absolute atomic E-state index is 13.0. The Morgan fingerprint density at radius 2 is 2.35 bits per heavy atom. The van der Waals surface area contributed by atoms with Crippen molar-refractivity contribution in [2.45, 2.75) is 12.5 Å². The molecule has 1 aliphatic heterocycles. The van der Waals surface area contributed by atoms with Crippen LogP contribution in [0.5, 0.6) is 5.75 Å². The second kappa shape index (κ2) is 4.71. The number of phenolic OH excluding ortho intramolecular Hbond substituents is 1. The number of ether oxygens (including phenoxy) is 1. The molecule has 0 aromatic heterocycles. The second-order valence-electron chi connectivity index (χ2n) is 4.06. The molecule has 1 amide bonds. The average molecular weight is 239 g/mol. The average Bonchev–Trinajstić information content (AvgIpc) is 2.80. The van der Waals surface area contributed by atoms with E-state index in [4.69, 9.17) is 4.74 Å². The largest absolute Gasteiger partial charge is 0.507 e.